The Labute approximate surface area is 119 Å². The minimum Gasteiger partial charge on any atom is -0.497 e. The zero-order valence-electron chi connectivity index (χ0n) is 12.0. The molecule has 0 aliphatic carbocycles. The molecular weight excluding hydrogens is 258 g/mol. The summed E-state index contributed by atoms with van der Waals surface area (Å²) < 4.78 is 5.10. The first-order valence-electron chi connectivity index (χ1n) is 6.71. The van der Waals surface area contributed by atoms with Crippen LogP contribution in [0.2, 0.25) is 0 Å². The fourth-order valence-electron chi connectivity index (χ4n) is 1.75. The summed E-state index contributed by atoms with van der Waals surface area (Å²) in [6.45, 7) is 2.99. The quantitative estimate of drug-likeness (QED) is 0.568. The van der Waals surface area contributed by atoms with Crippen molar-refractivity contribution in [2.45, 2.75) is 25.9 Å². The van der Waals surface area contributed by atoms with E-state index >= 15 is 0 Å². The molecule has 0 fully saturated rings. The molecule has 0 bridgehead atoms. The number of anilines is 1. The van der Waals surface area contributed by atoms with Gasteiger partial charge in [-0.1, -0.05) is 6.92 Å². The van der Waals surface area contributed by atoms with Gasteiger partial charge in [0.1, 0.15) is 5.75 Å². The molecule has 112 valence electrons. The number of amides is 2. The Morgan fingerprint density at radius 1 is 1.40 bits per heavy atom. The van der Waals surface area contributed by atoms with Crippen LogP contribution in [-0.4, -0.2) is 31.3 Å². The third-order valence-electron chi connectivity index (χ3n) is 2.89. The molecule has 0 aliphatic heterocycles. The number of nitrogen functional groups attached to an aromatic ring is 1. The lowest BCUT2D eigenvalue weighted by Crippen LogP contribution is -2.36. The molecular formula is C14H23N3O3. The van der Waals surface area contributed by atoms with Gasteiger partial charge in [0.15, 0.2) is 0 Å². The molecule has 0 aromatic heterocycles. The molecule has 1 rings (SSSR count). The number of nitrogens with one attached hydrogen (secondary N) is 2. The van der Waals surface area contributed by atoms with Gasteiger partial charge in [-0.2, -0.15) is 0 Å². The number of nitrogens with two attached hydrogens (primary N) is 1. The molecule has 0 heterocycles. The van der Waals surface area contributed by atoms with Crippen LogP contribution in [-0.2, 0) is 0 Å². The first-order valence-corrected chi connectivity index (χ1v) is 6.71. The van der Waals surface area contributed by atoms with Crippen LogP contribution in [0.1, 0.15) is 31.4 Å². The number of methoxy groups -OCH3 is 1. The molecule has 1 aromatic rings. The number of aliphatic hydroxyl groups excluding tert-OH is 1. The Balaban J connectivity index is 2.46. The smallest absolute Gasteiger partial charge is 0.314 e. The van der Waals surface area contributed by atoms with Crippen molar-refractivity contribution in [3.63, 3.8) is 0 Å². The Bertz CT molecular complexity index is 438. The zero-order valence-corrected chi connectivity index (χ0v) is 12.0. The zero-order chi connectivity index (χ0) is 15.0. The van der Waals surface area contributed by atoms with Crippen LogP contribution in [0.25, 0.3) is 0 Å². The second-order valence-electron chi connectivity index (χ2n) is 4.48. The molecule has 6 nitrogen and oxygen atoms in total. The molecule has 5 N–H and O–H groups in total. The number of carbonyl (C=O) groups is 1. The second kappa shape index (κ2) is 8.27. The average molecular weight is 281 g/mol. The monoisotopic (exact) mass is 281 g/mol. The summed E-state index contributed by atoms with van der Waals surface area (Å²) >= 11 is 0. The van der Waals surface area contributed by atoms with Crippen molar-refractivity contribution in [2.75, 3.05) is 25.9 Å². The van der Waals surface area contributed by atoms with E-state index in [-0.39, 0.29) is 6.03 Å². The topological polar surface area (TPSA) is 96.6 Å². The van der Waals surface area contributed by atoms with Gasteiger partial charge in [0, 0.05) is 24.3 Å². The van der Waals surface area contributed by atoms with Crippen LogP contribution in [0.15, 0.2) is 18.2 Å². The van der Waals surface area contributed by atoms with Crippen LogP contribution < -0.4 is 21.1 Å². The maximum Gasteiger partial charge on any atom is 0.314 e. The number of aliphatic hydroxyl groups is 1. The minimum absolute atomic E-state index is 0.224. The lowest BCUT2D eigenvalue weighted by molar-refractivity contribution is 0.167. The molecule has 1 atom stereocenters. The molecule has 0 saturated heterocycles. The molecule has 6 heteroatoms. The fourth-order valence-corrected chi connectivity index (χ4v) is 1.75. The van der Waals surface area contributed by atoms with Crippen LogP contribution in [0.5, 0.6) is 5.75 Å². The van der Waals surface area contributed by atoms with E-state index in [9.17, 15) is 9.90 Å². The van der Waals surface area contributed by atoms with Crippen LogP contribution >= 0.6 is 0 Å². The number of ether oxygens (including phenoxy) is 1. The van der Waals surface area contributed by atoms with E-state index in [4.69, 9.17) is 10.5 Å². The lowest BCUT2D eigenvalue weighted by Gasteiger charge is -2.15. The molecule has 0 saturated carbocycles. The van der Waals surface area contributed by atoms with Crippen molar-refractivity contribution in [3.8, 4) is 5.75 Å². The highest BCUT2D eigenvalue weighted by Crippen LogP contribution is 2.26. The van der Waals surface area contributed by atoms with E-state index in [2.05, 4.69) is 10.6 Å². The van der Waals surface area contributed by atoms with Crippen molar-refractivity contribution in [3.05, 3.63) is 23.8 Å². The third kappa shape index (κ3) is 4.97. The van der Waals surface area contributed by atoms with Crippen molar-refractivity contribution >= 4 is 11.7 Å². The summed E-state index contributed by atoms with van der Waals surface area (Å²) in [7, 11) is 1.56. The summed E-state index contributed by atoms with van der Waals surface area (Å²) in [4.78, 5) is 11.3. The fraction of sp³-hybridized carbons (Fsp3) is 0.500. The summed E-state index contributed by atoms with van der Waals surface area (Å²) in [5, 5.41) is 15.5. The predicted molar refractivity (Wildman–Crippen MR) is 78.7 cm³/mol. The molecule has 20 heavy (non-hydrogen) atoms. The van der Waals surface area contributed by atoms with E-state index in [0.717, 1.165) is 6.42 Å². The number of benzene rings is 1. The summed E-state index contributed by atoms with van der Waals surface area (Å²) in [6.07, 6.45) is 0.532. The maximum atomic E-state index is 11.3. The second-order valence-corrected chi connectivity index (χ2v) is 4.48. The summed E-state index contributed by atoms with van der Waals surface area (Å²) in [6, 6.07) is 4.91. The number of rotatable bonds is 7. The van der Waals surface area contributed by atoms with Crippen LogP contribution in [0.4, 0.5) is 10.5 Å². The van der Waals surface area contributed by atoms with Gasteiger partial charge in [-0.3, -0.25) is 0 Å². The molecule has 1 unspecified atom stereocenters. The van der Waals surface area contributed by atoms with Gasteiger partial charge < -0.3 is 26.2 Å². The van der Waals surface area contributed by atoms with Gasteiger partial charge in [0.25, 0.3) is 0 Å². The molecule has 1 aromatic carbocycles. The standard InChI is InChI=1S/C14H23N3O3/c1-3-7-16-14(19)17-8-6-13(18)11-9-10(20-2)4-5-12(11)15/h4-5,9,13,18H,3,6-8,15H2,1-2H3,(H2,16,17,19). The van der Waals surface area contributed by atoms with Crippen molar-refractivity contribution in [1.29, 1.82) is 0 Å². The lowest BCUT2D eigenvalue weighted by atomic mass is 10.0. The molecule has 2 amide bonds. The first-order chi connectivity index (χ1) is 9.58. The van der Waals surface area contributed by atoms with E-state index in [0.29, 0.717) is 36.5 Å². The van der Waals surface area contributed by atoms with Crippen LogP contribution in [0, 0.1) is 0 Å². The van der Waals surface area contributed by atoms with E-state index in [1.54, 1.807) is 25.3 Å². The van der Waals surface area contributed by atoms with Gasteiger partial charge in [0.2, 0.25) is 0 Å². The number of hydrogen-bond donors (Lipinski definition) is 4. The van der Waals surface area contributed by atoms with E-state index < -0.39 is 6.10 Å². The Hall–Kier alpha value is -1.95. The summed E-state index contributed by atoms with van der Waals surface area (Å²) in [5.74, 6) is 0.641. The average Bonchev–Trinajstić information content (AvgIpc) is 2.45. The Morgan fingerprint density at radius 2 is 2.10 bits per heavy atom. The van der Waals surface area contributed by atoms with Crippen molar-refractivity contribution < 1.29 is 14.6 Å². The highest BCUT2D eigenvalue weighted by molar-refractivity contribution is 5.73. The molecule has 0 aliphatic rings. The maximum absolute atomic E-state index is 11.3. The van der Waals surface area contributed by atoms with Gasteiger partial charge in [-0.05, 0) is 31.0 Å². The predicted octanol–water partition coefficient (Wildman–Crippen LogP) is 1.41. The highest BCUT2D eigenvalue weighted by atomic mass is 16.5. The minimum atomic E-state index is -0.739. The summed E-state index contributed by atoms with van der Waals surface area (Å²) in [5.41, 5.74) is 6.95. The van der Waals surface area contributed by atoms with Crippen molar-refractivity contribution in [1.82, 2.24) is 10.6 Å². The van der Waals surface area contributed by atoms with Crippen molar-refractivity contribution in [2.24, 2.45) is 0 Å². The SMILES string of the molecule is CCCNC(=O)NCCC(O)c1cc(OC)ccc1N. The largest absolute Gasteiger partial charge is 0.497 e. The third-order valence-corrected chi connectivity index (χ3v) is 2.89. The Kier molecular flexibility index (Phi) is 6.66. The molecule has 0 spiro atoms. The first kappa shape index (κ1) is 16.1. The molecule has 0 radical (unpaired) electrons. The normalized spacial score (nSPS) is 11.8. The number of urea groups is 1. The van der Waals surface area contributed by atoms with Crippen LogP contribution in [0.3, 0.4) is 0 Å². The van der Waals surface area contributed by atoms with E-state index in [1.165, 1.54) is 0 Å². The van der Waals surface area contributed by atoms with E-state index in [1.807, 2.05) is 6.92 Å². The van der Waals surface area contributed by atoms with Gasteiger partial charge in [-0.25, -0.2) is 4.79 Å². The number of hydrogen-bond acceptors (Lipinski definition) is 4. The van der Waals surface area contributed by atoms with Gasteiger partial charge >= 0.3 is 6.03 Å². The number of carbonyl (C=O) groups excluding carboxylic acids is 1. The Morgan fingerprint density at radius 3 is 2.75 bits per heavy atom. The van der Waals surface area contributed by atoms with Gasteiger partial charge in [-0.15, -0.1) is 0 Å². The highest BCUT2D eigenvalue weighted by Gasteiger charge is 2.12. The van der Waals surface area contributed by atoms with Gasteiger partial charge in [0.05, 0.1) is 13.2 Å².